The van der Waals surface area contributed by atoms with Crippen LogP contribution in [0.15, 0.2) is 0 Å². The van der Waals surface area contributed by atoms with E-state index in [1.165, 1.54) is 32.1 Å². The van der Waals surface area contributed by atoms with Gasteiger partial charge in [-0.3, -0.25) is 0 Å². The first-order chi connectivity index (χ1) is 9.92. The molecule has 0 spiro atoms. The van der Waals surface area contributed by atoms with Gasteiger partial charge in [0, 0.05) is 0 Å². The topological polar surface area (TPSA) is 40.5 Å². The van der Waals surface area contributed by atoms with Crippen molar-refractivity contribution in [2.24, 2.45) is 34.5 Å². The molecule has 0 heterocycles. The summed E-state index contributed by atoms with van der Waals surface area (Å²) in [6.07, 6.45) is 10.7. The smallest absolute Gasteiger partial charge is 0.0548 e. The maximum Gasteiger partial charge on any atom is 0.0548 e. The average Bonchev–Trinajstić information content (AvgIpc) is 2.74. The summed E-state index contributed by atoms with van der Waals surface area (Å²) >= 11 is 0. The summed E-state index contributed by atoms with van der Waals surface area (Å²) in [5.41, 5.74) is 0.884. The molecule has 4 rings (SSSR count). The van der Waals surface area contributed by atoms with Crippen LogP contribution in [0, 0.1) is 34.5 Å². The largest absolute Gasteiger partial charge is 0.393 e. The van der Waals surface area contributed by atoms with Crippen LogP contribution in [0.3, 0.4) is 0 Å². The Bertz CT molecular complexity index is 422. The molecule has 2 heteroatoms. The highest BCUT2D eigenvalue weighted by Crippen LogP contribution is 2.66. The molecular formula is C19H32O2. The van der Waals surface area contributed by atoms with Crippen LogP contribution in [-0.2, 0) is 0 Å². The van der Waals surface area contributed by atoms with Gasteiger partial charge in [-0.15, -0.1) is 0 Å². The van der Waals surface area contributed by atoms with E-state index < -0.39 is 0 Å². The summed E-state index contributed by atoms with van der Waals surface area (Å²) in [6.45, 7) is 4.98. The van der Waals surface area contributed by atoms with Gasteiger partial charge in [-0.05, 0) is 92.3 Å². The Labute approximate surface area is 129 Å². The van der Waals surface area contributed by atoms with Crippen molar-refractivity contribution < 1.29 is 10.2 Å². The second kappa shape index (κ2) is 4.71. The highest BCUT2D eigenvalue weighted by Gasteiger charge is 2.58. The van der Waals surface area contributed by atoms with Crippen LogP contribution in [0.2, 0.25) is 0 Å². The second-order valence-corrected chi connectivity index (χ2v) is 9.37. The first-order valence-corrected chi connectivity index (χ1v) is 9.28. The lowest BCUT2D eigenvalue weighted by Gasteiger charge is -2.60. The van der Waals surface area contributed by atoms with Gasteiger partial charge in [0.15, 0.2) is 0 Å². The van der Waals surface area contributed by atoms with E-state index in [0.717, 1.165) is 49.4 Å². The van der Waals surface area contributed by atoms with Crippen molar-refractivity contribution in [3.05, 3.63) is 0 Å². The number of rotatable bonds is 0. The Morgan fingerprint density at radius 2 is 1.62 bits per heavy atom. The lowest BCUT2D eigenvalue weighted by Crippen LogP contribution is -2.53. The van der Waals surface area contributed by atoms with Gasteiger partial charge in [0.2, 0.25) is 0 Å². The molecule has 4 saturated carbocycles. The van der Waals surface area contributed by atoms with Gasteiger partial charge in [-0.1, -0.05) is 13.8 Å². The predicted molar refractivity (Wildman–Crippen MR) is 83.7 cm³/mol. The number of hydrogen-bond donors (Lipinski definition) is 2. The minimum absolute atomic E-state index is 0.0400. The molecule has 0 radical (unpaired) electrons. The van der Waals surface area contributed by atoms with Gasteiger partial charge in [-0.2, -0.15) is 0 Å². The Balaban J connectivity index is 1.62. The Kier molecular flexibility index (Phi) is 3.25. The second-order valence-electron chi connectivity index (χ2n) is 9.37. The van der Waals surface area contributed by atoms with Crippen LogP contribution in [0.1, 0.15) is 71.6 Å². The molecule has 0 aromatic carbocycles. The van der Waals surface area contributed by atoms with E-state index in [0.29, 0.717) is 10.8 Å². The molecule has 0 saturated heterocycles. The van der Waals surface area contributed by atoms with E-state index in [-0.39, 0.29) is 12.2 Å². The molecule has 4 aliphatic rings. The van der Waals surface area contributed by atoms with Gasteiger partial charge in [0.05, 0.1) is 12.2 Å². The zero-order valence-electron chi connectivity index (χ0n) is 13.7. The highest BCUT2D eigenvalue weighted by atomic mass is 16.3. The van der Waals surface area contributed by atoms with Gasteiger partial charge >= 0.3 is 0 Å². The van der Waals surface area contributed by atoms with Crippen LogP contribution < -0.4 is 0 Å². The maximum absolute atomic E-state index is 10.2. The summed E-state index contributed by atoms with van der Waals surface area (Å²) in [4.78, 5) is 0. The van der Waals surface area contributed by atoms with Crippen LogP contribution >= 0.6 is 0 Å². The minimum atomic E-state index is -0.0440. The van der Waals surface area contributed by atoms with Gasteiger partial charge in [-0.25, -0.2) is 0 Å². The van der Waals surface area contributed by atoms with E-state index in [2.05, 4.69) is 13.8 Å². The standard InChI is InChI=1S/C19H32O2/c1-18-7-6-16-15(17(18)10-14(21)11-18)4-3-12-9-13(20)5-8-19(12,16)2/h12-17,20-21H,3-11H2,1-2H3/t12?,13?,14?,15-,16-,17+,18-,19+/m1/s1. The molecule has 0 aromatic heterocycles. The fraction of sp³-hybridized carbons (Fsp3) is 1.00. The SMILES string of the molecule is C[C@]12CC[C@@H]3[C@@H](CCC4CC(O)CC[C@@]43C)[C@@H]1CC(O)C2. The molecule has 3 unspecified atom stereocenters. The molecule has 4 aliphatic carbocycles. The first kappa shape index (κ1) is 14.5. The van der Waals surface area contributed by atoms with Crippen molar-refractivity contribution in [1.29, 1.82) is 0 Å². The van der Waals surface area contributed by atoms with Crippen molar-refractivity contribution in [3.8, 4) is 0 Å². The summed E-state index contributed by atoms with van der Waals surface area (Å²) in [6, 6.07) is 0. The number of aliphatic hydroxyl groups is 2. The summed E-state index contributed by atoms with van der Waals surface area (Å²) in [5.74, 6) is 3.21. The summed E-state index contributed by atoms with van der Waals surface area (Å²) < 4.78 is 0. The highest BCUT2D eigenvalue weighted by molar-refractivity contribution is 5.08. The third kappa shape index (κ3) is 2.05. The normalized spacial score (nSPS) is 60.0. The average molecular weight is 292 g/mol. The van der Waals surface area contributed by atoms with Crippen molar-refractivity contribution in [2.45, 2.75) is 83.8 Å². The zero-order valence-corrected chi connectivity index (χ0v) is 13.7. The van der Waals surface area contributed by atoms with Gasteiger partial charge < -0.3 is 10.2 Å². The zero-order chi connectivity index (χ0) is 14.8. The molecule has 0 amide bonds. The van der Waals surface area contributed by atoms with Crippen molar-refractivity contribution in [3.63, 3.8) is 0 Å². The van der Waals surface area contributed by atoms with Gasteiger partial charge in [0.1, 0.15) is 0 Å². The number of aliphatic hydroxyl groups excluding tert-OH is 2. The number of hydrogen-bond acceptors (Lipinski definition) is 2. The van der Waals surface area contributed by atoms with E-state index in [1.807, 2.05) is 0 Å². The van der Waals surface area contributed by atoms with Gasteiger partial charge in [0.25, 0.3) is 0 Å². The minimum Gasteiger partial charge on any atom is -0.393 e. The molecule has 0 bridgehead atoms. The van der Waals surface area contributed by atoms with Crippen LogP contribution in [0.25, 0.3) is 0 Å². The molecule has 2 nitrogen and oxygen atoms in total. The maximum atomic E-state index is 10.2. The van der Waals surface area contributed by atoms with E-state index in [1.54, 1.807) is 0 Å². The fourth-order valence-electron chi connectivity index (χ4n) is 7.26. The molecule has 120 valence electrons. The third-order valence-electron chi connectivity index (χ3n) is 8.38. The van der Waals surface area contributed by atoms with E-state index in [4.69, 9.17) is 0 Å². The van der Waals surface area contributed by atoms with Crippen LogP contribution in [-0.4, -0.2) is 22.4 Å². The lowest BCUT2D eigenvalue weighted by atomic mass is 9.45. The molecule has 2 N–H and O–H groups in total. The lowest BCUT2D eigenvalue weighted by molar-refractivity contribution is -0.120. The third-order valence-corrected chi connectivity index (χ3v) is 8.38. The Morgan fingerprint density at radius 3 is 2.43 bits per heavy atom. The van der Waals surface area contributed by atoms with Crippen molar-refractivity contribution in [1.82, 2.24) is 0 Å². The molecule has 8 atom stereocenters. The Morgan fingerprint density at radius 1 is 0.810 bits per heavy atom. The van der Waals surface area contributed by atoms with E-state index in [9.17, 15) is 10.2 Å². The van der Waals surface area contributed by atoms with Crippen LogP contribution in [0.5, 0.6) is 0 Å². The predicted octanol–water partition coefficient (Wildman–Crippen LogP) is 3.75. The molecular weight excluding hydrogens is 260 g/mol. The molecule has 21 heavy (non-hydrogen) atoms. The first-order valence-electron chi connectivity index (χ1n) is 9.28. The molecule has 4 fully saturated rings. The molecule has 0 aromatic rings. The fourth-order valence-corrected chi connectivity index (χ4v) is 7.26. The van der Waals surface area contributed by atoms with Crippen LogP contribution in [0.4, 0.5) is 0 Å². The summed E-state index contributed by atoms with van der Waals surface area (Å²) in [5, 5.41) is 20.3. The quantitative estimate of drug-likeness (QED) is 0.714. The monoisotopic (exact) mass is 292 g/mol. The molecule has 0 aliphatic heterocycles. The van der Waals surface area contributed by atoms with E-state index >= 15 is 0 Å². The van der Waals surface area contributed by atoms with Crippen molar-refractivity contribution >= 4 is 0 Å². The summed E-state index contributed by atoms with van der Waals surface area (Å²) in [7, 11) is 0. The van der Waals surface area contributed by atoms with Crippen molar-refractivity contribution in [2.75, 3.05) is 0 Å². The number of fused-ring (bicyclic) bond motifs is 5. The Hall–Kier alpha value is -0.0800.